The molecule has 1 unspecified atom stereocenters. The van der Waals surface area contributed by atoms with E-state index in [9.17, 15) is 49.4 Å². The number of aromatic nitrogens is 1. The second-order valence-electron chi connectivity index (χ2n) is 21.3. The molecule has 1 aromatic heterocycles. The number of nitrogens with zero attached hydrogens (tertiary/aromatic N) is 4. The number of quaternary nitrogens is 1. The van der Waals surface area contributed by atoms with Gasteiger partial charge in [-0.1, -0.05) is 77.1 Å². The summed E-state index contributed by atoms with van der Waals surface area (Å²) >= 11 is 0. The van der Waals surface area contributed by atoms with E-state index in [1.807, 2.05) is 76.6 Å². The van der Waals surface area contributed by atoms with Crippen molar-refractivity contribution in [2.24, 2.45) is 17.8 Å². The Morgan fingerprint density at radius 1 is 0.797 bits per heavy atom. The molecule has 7 amide bonds. The number of allylic oxidation sites excluding steroid dienone is 2. The lowest BCUT2D eigenvalue weighted by Crippen LogP contribution is -2.99. The maximum Gasteiger partial charge on any atom is 0.248 e. The molecule has 2 bridgehead atoms. The zero-order chi connectivity index (χ0) is 55.1. The van der Waals surface area contributed by atoms with Crippen LogP contribution >= 0.6 is 0 Å². The number of aromatic hydroxyl groups is 1. The van der Waals surface area contributed by atoms with E-state index in [0.29, 0.717) is 5.56 Å². The Balaban J connectivity index is 1.71. The molecule has 0 aliphatic carbocycles. The summed E-state index contributed by atoms with van der Waals surface area (Å²) < 4.78 is 2.01. The fourth-order valence-electron chi connectivity index (χ4n) is 9.77. The van der Waals surface area contributed by atoms with Gasteiger partial charge in [0.15, 0.2) is 5.75 Å². The number of carbonyl (C=O) groups is 7. The van der Waals surface area contributed by atoms with Crippen LogP contribution in [-0.4, -0.2) is 139 Å². The van der Waals surface area contributed by atoms with Crippen molar-refractivity contribution in [3.63, 3.8) is 0 Å². The fourth-order valence-corrected chi connectivity index (χ4v) is 9.77. The van der Waals surface area contributed by atoms with E-state index in [-0.39, 0.29) is 55.9 Å². The first-order valence-corrected chi connectivity index (χ1v) is 25.4. The highest BCUT2D eigenvalue weighted by Gasteiger charge is 2.48. The first-order chi connectivity index (χ1) is 34.7. The average Bonchev–Trinajstić information content (AvgIpc) is 3.72. The number of hydrogen-bond donors (Lipinski definition) is 8. The number of amides is 7. The molecule has 404 valence electrons. The van der Waals surface area contributed by atoms with E-state index < -0.39 is 118 Å². The van der Waals surface area contributed by atoms with E-state index in [0.717, 1.165) is 32.8 Å². The van der Waals surface area contributed by atoms with Gasteiger partial charge >= 0.3 is 0 Å². The van der Waals surface area contributed by atoms with Gasteiger partial charge in [-0.05, 0) is 88.5 Å². The Kier molecular flexibility index (Phi) is 19.4. The third kappa shape index (κ3) is 13.4. The van der Waals surface area contributed by atoms with Crippen molar-refractivity contribution in [1.29, 1.82) is 0 Å². The van der Waals surface area contributed by atoms with Gasteiger partial charge in [-0.3, -0.25) is 33.6 Å². The van der Waals surface area contributed by atoms with Gasteiger partial charge in [0.05, 0.1) is 5.54 Å². The molecule has 3 aromatic rings. The van der Waals surface area contributed by atoms with E-state index in [4.69, 9.17) is 0 Å². The van der Waals surface area contributed by atoms with Gasteiger partial charge < -0.3 is 56.0 Å². The number of phenols is 1. The smallest absolute Gasteiger partial charge is 0.248 e. The third-order valence-corrected chi connectivity index (χ3v) is 14.2. The average molecular weight is 1030 g/mol. The van der Waals surface area contributed by atoms with Crippen LogP contribution in [0.15, 0.2) is 73.5 Å². The molecule has 0 radical (unpaired) electrons. The van der Waals surface area contributed by atoms with Crippen LogP contribution < -0.4 is 26.5 Å². The molecule has 8 N–H and O–H groups in total. The highest BCUT2D eigenvalue weighted by atomic mass is 16.8. The van der Waals surface area contributed by atoms with E-state index in [1.54, 1.807) is 32.1 Å². The van der Waals surface area contributed by atoms with Crippen LogP contribution in [0, 0.1) is 23.0 Å². The van der Waals surface area contributed by atoms with Crippen molar-refractivity contribution >= 4 is 57.9 Å². The topological polar surface area (TPSA) is 270 Å². The van der Waals surface area contributed by atoms with E-state index >= 15 is 4.79 Å². The number of aliphatic hydroxyl groups is 1. The van der Waals surface area contributed by atoms with Gasteiger partial charge in [0.25, 0.3) is 0 Å². The van der Waals surface area contributed by atoms with Crippen molar-refractivity contribution in [1.82, 2.24) is 40.5 Å². The zero-order valence-electron chi connectivity index (χ0n) is 44.5. The lowest BCUT2D eigenvalue weighted by molar-refractivity contribution is -0.991. The molecule has 2 saturated heterocycles. The number of likely N-dealkylation sites (N-methyl/N-ethyl adjacent to an activating group) is 2. The minimum absolute atomic E-state index is 0.00285. The predicted molar refractivity (Wildman–Crippen MR) is 278 cm³/mol. The Morgan fingerprint density at radius 3 is 2.01 bits per heavy atom. The number of hydrogen-bond acceptors (Lipinski definition) is 11. The molecule has 3 heterocycles. The Hall–Kier alpha value is -6.61. The summed E-state index contributed by atoms with van der Waals surface area (Å²) in [4.78, 5) is 107. The zero-order valence-corrected chi connectivity index (χ0v) is 44.5. The quantitative estimate of drug-likeness (QED) is 0.0701. The lowest BCUT2D eigenvalue weighted by Gasteiger charge is -2.46. The maximum atomic E-state index is 15.3. The van der Waals surface area contributed by atoms with Crippen molar-refractivity contribution in [3.05, 3.63) is 89.8 Å². The van der Waals surface area contributed by atoms with Gasteiger partial charge in [0.2, 0.25) is 47.0 Å². The first-order valence-electron chi connectivity index (χ1n) is 25.4. The summed E-state index contributed by atoms with van der Waals surface area (Å²) in [6.45, 7) is 20.2. The van der Waals surface area contributed by atoms with Crippen LogP contribution in [0.4, 0.5) is 5.69 Å². The van der Waals surface area contributed by atoms with E-state index in [1.165, 1.54) is 32.0 Å². The monoisotopic (exact) mass is 1030 g/mol. The summed E-state index contributed by atoms with van der Waals surface area (Å²) in [5, 5.41) is 54.5. The number of carbonyl (C=O) groups excluding carboxylic acids is 7. The molecule has 20 heteroatoms. The van der Waals surface area contributed by atoms with Crippen LogP contribution in [0.1, 0.15) is 99.1 Å². The summed E-state index contributed by atoms with van der Waals surface area (Å²) in [6.07, 6.45) is 5.26. The van der Waals surface area contributed by atoms with Gasteiger partial charge in [-0.25, -0.2) is 5.21 Å². The number of benzene rings is 2. The first kappa shape index (κ1) is 58.3. The summed E-state index contributed by atoms with van der Waals surface area (Å²) in [5.74, 6) is -6.89. The highest BCUT2D eigenvalue weighted by Crippen LogP contribution is 2.32. The van der Waals surface area contributed by atoms with Gasteiger partial charge in [0, 0.05) is 56.0 Å². The number of piperidine rings is 1. The lowest BCUT2D eigenvalue weighted by atomic mass is 9.89. The SMILES string of the molecule is C=CC(C)(C)n1cc(C[C@@H]2NC(=O)[C@H](C/C=C/C)NC(=O)[C@H](CC(C)C)N3C(=O)[C@H](C[C@H](C)[C@H]3O)N(C)C(=O)[C@H](C)NC(=O)[C@H](Cc3ccc(O)c([NH+]([O-])O)c3)NC(=O)[C@H](CC(C)C)N(C)C2=O)c2ccccc21. The largest absolute Gasteiger partial charge is 0.595 e. The Bertz CT molecular complexity index is 2590. The van der Waals surface area contributed by atoms with Gasteiger partial charge in [-0.15, -0.1) is 6.58 Å². The molecule has 10 atom stereocenters. The molecule has 74 heavy (non-hydrogen) atoms. The molecular formula is C54H77N9O11. The summed E-state index contributed by atoms with van der Waals surface area (Å²) in [7, 11) is 2.80. The number of para-hydroxylation sites is 1. The fraction of sp³-hybridized carbons (Fsp3) is 0.537. The van der Waals surface area contributed by atoms with Crippen LogP contribution in [0.2, 0.25) is 0 Å². The second-order valence-corrected chi connectivity index (χ2v) is 21.3. The molecule has 0 spiro atoms. The predicted octanol–water partition coefficient (Wildman–Crippen LogP) is 2.70. The number of aliphatic hydroxyl groups excluding tert-OH is 1. The van der Waals surface area contributed by atoms with Crippen molar-refractivity contribution < 1.29 is 54.2 Å². The Labute approximate surface area is 433 Å². The van der Waals surface area contributed by atoms with Crippen LogP contribution in [0.5, 0.6) is 5.75 Å². The number of fused-ring (bicyclic) bond motifs is 3. The normalized spacial score (nSPS) is 26.0. The molecule has 0 saturated carbocycles. The van der Waals surface area contributed by atoms with Crippen LogP contribution in [0.25, 0.3) is 10.9 Å². The molecular weight excluding hydrogens is 951 g/mol. The summed E-state index contributed by atoms with van der Waals surface area (Å²) in [5.41, 5.74) is 0.674. The standard InChI is InChI=1S/C54H77N9O11/c1-13-15-19-37-46(65)58-39(28-35-29-61(54(9,10)14-2)40-20-17-16-18-36(35)40)52(71)59(11)42(23-30(3)4)48(67)57-38(26-34-21-22-45(64)41(27-34)63(73)74)47(66)55-33(8)51(70)60(12)44-25-32(7)50(69)62(53(44)72)43(24-31(5)6)49(68)56-37/h13-18,20-22,27,29-33,37-39,42-44,50,63-64,69,73H,2,19,23-26,28H2,1,3-12H3,(H,55,66)(H,56,68)(H,57,67)(H,58,65)/b15-13+/t32-,33-,37-,38-,39-,42-,43-,44-,50+/m0/s1. The minimum atomic E-state index is -1.50. The number of rotatable bonds is 13. The minimum Gasteiger partial charge on any atom is -0.595 e. The van der Waals surface area contributed by atoms with Crippen LogP contribution in [-0.2, 0) is 51.9 Å². The third-order valence-electron chi connectivity index (χ3n) is 14.2. The number of phenolic OH excluding ortho intramolecular Hbond substituents is 1. The molecule has 5 rings (SSSR count). The molecule has 2 fully saturated rings. The Morgan fingerprint density at radius 2 is 1.39 bits per heavy atom. The van der Waals surface area contributed by atoms with Crippen molar-refractivity contribution in [2.75, 3.05) is 14.1 Å². The van der Waals surface area contributed by atoms with Crippen molar-refractivity contribution in [3.8, 4) is 5.75 Å². The number of nitrogens with one attached hydrogen (secondary N) is 5. The van der Waals surface area contributed by atoms with Crippen LogP contribution in [0.3, 0.4) is 0 Å². The van der Waals surface area contributed by atoms with Gasteiger partial charge in [0.1, 0.15) is 48.5 Å². The van der Waals surface area contributed by atoms with E-state index in [2.05, 4.69) is 27.8 Å². The van der Waals surface area contributed by atoms with Gasteiger partial charge in [-0.2, -0.15) is 5.23 Å². The molecule has 2 aromatic carbocycles. The maximum absolute atomic E-state index is 15.3. The second kappa shape index (κ2) is 24.6. The molecule has 2 aliphatic rings. The molecule has 20 nitrogen and oxygen atoms in total. The molecule has 2 aliphatic heterocycles. The highest BCUT2D eigenvalue weighted by molar-refractivity contribution is 5.99. The summed E-state index contributed by atoms with van der Waals surface area (Å²) in [6, 6.07) is 1.96. The van der Waals surface area contributed by atoms with Crippen molar-refractivity contribution in [2.45, 2.75) is 155 Å².